The number of rotatable bonds is 9. The summed E-state index contributed by atoms with van der Waals surface area (Å²) in [4.78, 5) is 65.3. The topological polar surface area (TPSA) is 195 Å². The van der Waals surface area contributed by atoms with E-state index in [0.29, 0.717) is 39.5 Å². The van der Waals surface area contributed by atoms with Gasteiger partial charge in [0.25, 0.3) is 5.91 Å². The molecule has 62 heavy (non-hydrogen) atoms. The minimum absolute atomic E-state index is 0.0303. The van der Waals surface area contributed by atoms with Gasteiger partial charge in [-0.15, -0.1) is 0 Å². The zero-order chi connectivity index (χ0) is 45.8. The Labute approximate surface area is 354 Å². The number of benzene rings is 1. The molecule has 4 aliphatic rings. The number of carbonyl (C=O) groups excluding carboxylic acids is 4. The van der Waals surface area contributed by atoms with E-state index in [2.05, 4.69) is 25.3 Å². The van der Waals surface area contributed by atoms with Crippen molar-refractivity contribution < 1.29 is 68.1 Å². The number of ether oxygens (including phenoxy) is 3. The second-order valence-electron chi connectivity index (χ2n) is 17.4. The van der Waals surface area contributed by atoms with Gasteiger partial charge in [-0.1, -0.05) is 32.4 Å². The van der Waals surface area contributed by atoms with Crippen LogP contribution in [-0.4, -0.2) is 101 Å². The SMILES string of the molecule is CC[C@@H]1C[C@H](C)CC/C=C\[C@@H]2C[C@@]2(C(=O)NS(=O)(=O)C2(C)CC2)NC(=O)[C@@H]2C[C@@H](Oc3nc4cc(OC)ccc4nc3C(F)(F)F)CN2C(=O)[C@H]1NC(=O)OC(C)(C)C(F)(F)F. The molecule has 3 fully saturated rings. The van der Waals surface area contributed by atoms with Crippen LogP contribution in [0.5, 0.6) is 11.6 Å². The van der Waals surface area contributed by atoms with Crippen molar-refractivity contribution in [2.24, 2.45) is 17.8 Å². The Balaban J connectivity index is 1.40. The molecule has 2 aliphatic carbocycles. The number of halogens is 6. The lowest BCUT2D eigenvalue weighted by molar-refractivity contribution is -0.244. The average Bonchev–Trinajstić information content (AvgIpc) is 4.06. The molecule has 2 aliphatic heterocycles. The zero-order valence-corrected chi connectivity index (χ0v) is 35.7. The monoisotopic (exact) mass is 904 g/mol. The van der Waals surface area contributed by atoms with Gasteiger partial charge in [0.2, 0.25) is 39.0 Å². The maximum atomic E-state index is 14.9. The minimum Gasteiger partial charge on any atom is -0.497 e. The number of aromatic nitrogens is 2. The molecule has 2 saturated carbocycles. The third kappa shape index (κ3) is 9.53. The highest BCUT2D eigenvalue weighted by Crippen LogP contribution is 2.48. The Kier molecular flexibility index (Phi) is 12.5. The molecule has 0 spiro atoms. The lowest BCUT2D eigenvalue weighted by atomic mass is 9.85. The molecule has 7 atom stereocenters. The van der Waals surface area contributed by atoms with Crippen LogP contribution in [-0.2, 0) is 35.3 Å². The van der Waals surface area contributed by atoms with Gasteiger partial charge in [-0.05, 0) is 83.3 Å². The third-order valence-corrected chi connectivity index (χ3v) is 14.5. The number of carbonyl (C=O) groups is 4. The van der Waals surface area contributed by atoms with Gasteiger partial charge in [-0.25, -0.2) is 23.2 Å². The first kappa shape index (κ1) is 46.6. The largest absolute Gasteiger partial charge is 0.497 e. The van der Waals surface area contributed by atoms with Gasteiger partial charge in [0.05, 0.1) is 29.4 Å². The number of alkyl carbamates (subject to hydrolysis) is 1. The van der Waals surface area contributed by atoms with E-state index in [9.17, 15) is 53.9 Å². The Morgan fingerprint density at radius 3 is 2.35 bits per heavy atom. The van der Waals surface area contributed by atoms with E-state index < -0.39 is 117 Å². The Morgan fingerprint density at radius 2 is 1.74 bits per heavy atom. The lowest BCUT2D eigenvalue weighted by Crippen LogP contribution is -2.60. The standard InChI is InChI=1S/C40H50F6N6O9S/c1-7-22-16-21(2)10-8-9-11-23-19-38(23,34(55)51-62(57,58)37(5)14-15-37)50-31(53)28-18-25(20-52(28)33(54)29(22)49-35(56)61-36(3,4)40(44,45)46)60-32-30(39(41,42)43)47-26-13-12-24(59-6)17-27(26)48-32/h9,11-13,17,21-23,25,28-29H,7-8,10,14-16,18-20H2,1-6H3,(H,49,56)(H,50,53)(H,51,55)/b11-9-/t21-,22-,23-,25-,28+,29+,38-/m1/s1. The number of methoxy groups -OCH3 is 1. The molecule has 3 N–H and O–H groups in total. The summed E-state index contributed by atoms with van der Waals surface area (Å²) in [5.41, 5.74) is -6.51. The van der Waals surface area contributed by atoms with Crippen molar-refractivity contribution in [3.8, 4) is 11.6 Å². The Hall–Kier alpha value is -4.89. The Morgan fingerprint density at radius 1 is 1.05 bits per heavy atom. The van der Waals surface area contributed by atoms with Crippen molar-refractivity contribution in [3.05, 3.63) is 36.0 Å². The highest BCUT2D eigenvalue weighted by Gasteiger charge is 2.63. The maximum absolute atomic E-state index is 14.9. The fraction of sp³-hybridized carbons (Fsp3) is 0.650. The number of hydrogen-bond acceptors (Lipinski definition) is 11. The summed E-state index contributed by atoms with van der Waals surface area (Å²) in [7, 11) is -2.85. The third-order valence-electron chi connectivity index (χ3n) is 12.3. The number of sulfonamides is 1. The summed E-state index contributed by atoms with van der Waals surface area (Å²) in [5.74, 6) is -5.36. The first-order chi connectivity index (χ1) is 28.7. The molecular weight excluding hydrogens is 855 g/mol. The smallest absolute Gasteiger partial charge is 0.438 e. The first-order valence-electron chi connectivity index (χ1n) is 20.3. The second-order valence-corrected chi connectivity index (χ2v) is 19.6. The molecule has 0 unspecified atom stereocenters. The highest BCUT2D eigenvalue weighted by molar-refractivity contribution is 7.91. The molecule has 1 aromatic carbocycles. The number of hydrogen-bond donors (Lipinski definition) is 3. The quantitative estimate of drug-likeness (QED) is 0.206. The highest BCUT2D eigenvalue weighted by atomic mass is 32.2. The van der Waals surface area contributed by atoms with Crippen molar-refractivity contribution in [2.75, 3.05) is 13.7 Å². The molecular formula is C40H50F6N6O9S. The predicted octanol–water partition coefficient (Wildman–Crippen LogP) is 5.72. The van der Waals surface area contributed by atoms with E-state index in [1.54, 1.807) is 19.1 Å². The van der Waals surface area contributed by atoms with Crippen LogP contribution in [0.15, 0.2) is 30.4 Å². The van der Waals surface area contributed by atoms with E-state index in [-0.39, 0.29) is 42.0 Å². The molecule has 22 heteroatoms. The number of nitrogens with one attached hydrogen (secondary N) is 3. The molecule has 1 saturated heterocycles. The molecule has 2 aromatic rings. The van der Waals surface area contributed by atoms with Crippen molar-refractivity contribution in [1.82, 2.24) is 30.2 Å². The second kappa shape index (κ2) is 16.7. The average molecular weight is 905 g/mol. The van der Waals surface area contributed by atoms with E-state index in [1.807, 2.05) is 6.92 Å². The molecule has 0 bridgehead atoms. The minimum atomic E-state index is -5.09. The zero-order valence-electron chi connectivity index (χ0n) is 34.9. The molecule has 15 nitrogen and oxygen atoms in total. The first-order valence-corrected chi connectivity index (χ1v) is 21.7. The van der Waals surface area contributed by atoms with Gasteiger partial charge < -0.3 is 29.7 Å². The number of nitrogens with zero attached hydrogens (tertiary/aromatic N) is 3. The van der Waals surface area contributed by atoms with Crippen molar-refractivity contribution in [2.45, 2.75) is 132 Å². The van der Waals surface area contributed by atoms with Crippen LogP contribution in [0.25, 0.3) is 11.0 Å². The van der Waals surface area contributed by atoms with Crippen LogP contribution in [0, 0.1) is 17.8 Å². The fourth-order valence-corrected chi connectivity index (χ4v) is 9.14. The van der Waals surface area contributed by atoms with Gasteiger partial charge >= 0.3 is 18.4 Å². The summed E-state index contributed by atoms with van der Waals surface area (Å²) in [6.07, 6.45) is -8.14. The van der Waals surface area contributed by atoms with Crippen LogP contribution in [0.3, 0.4) is 0 Å². The molecule has 1 aromatic heterocycles. The number of allylic oxidation sites excluding steroid dienone is 1. The van der Waals surface area contributed by atoms with Crippen LogP contribution < -0.4 is 24.8 Å². The summed E-state index contributed by atoms with van der Waals surface area (Å²) in [5, 5.41) is 4.94. The van der Waals surface area contributed by atoms with E-state index in [0.717, 1.165) is 4.90 Å². The van der Waals surface area contributed by atoms with E-state index in [4.69, 9.17) is 14.2 Å². The molecule has 342 valence electrons. The van der Waals surface area contributed by atoms with Crippen molar-refractivity contribution >= 4 is 44.9 Å². The van der Waals surface area contributed by atoms with Gasteiger partial charge in [-0.2, -0.15) is 26.3 Å². The fourth-order valence-electron chi connectivity index (χ4n) is 7.83. The lowest BCUT2D eigenvalue weighted by Gasteiger charge is -2.35. The van der Waals surface area contributed by atoms with Crippen LogP contribution in [0.4, 0.5) is 31.1 Å². The maximum Gasteiger partial charge on any atom is 0.438 e. The van der Waals surface area contributed by atoms with Gasteiger partial charge in [0, 0.05) is 18.4 Å². The van der Waals surface area contributed by atoms with E-state index >= 15 is 0 Å². The van der Waals surface area contributed by atoms with Crippen molar-refractivity contribution in [1.29, 1.82) is 0 Å². The number of fused-ring (bicyclic) bond motifs is 3. The van der Waals surface area contributed by atoms with Gasteiger partial charge in [-0.3, -0.25) is 19.1 Å². The molecule has 0 radical (unpaired) electrons. The summed E-state index contributed by atoms with van der Waals surface area (Å²) < 4.78 is 128. The molecule has 6 rings (SSSR count). The Bertz CT molecular complexity index is 2230. The van der Waals surface area contributed by atoms with E-state index in [1.165, 1.54) is 32.2 Å². The number of alkyl halides is 6. The predicted molar refractivity (Wildman–Crippen MR) is 209 cm³/mol. The van der Waals surface area contributed by atoms with Crippen LogP contribution >= 0.6 is 0 Å². The summed E-state index contributed by atoms with van der Waals surface area (Å²) in [6.45, 7) is 5.66. The van der Waals surface area contributed by atoms with Gasteiger partial charge in [0.15, 0.2) is 0 Å². The van der Waals surface area contributed by atoms with Crippen molar-refractivity contribution in [3.63, 3.8) is 0 Å². The van der Waals surface area contributed by atoms with Crippen LogP contribution in [0.2, 0.25) is 0 Å². The number of amides is 4. The normalized spacial score (nSPS) is 28.6. The van der Waals surface area contributed by atoms with Crippen LogP contribution in [0.1, 0.15) is 91.7 Å². The summed E-state index contributed by atoms with van der Waals surface area (Å²) >= 11 is 0. The van der Waals surface area contributed by atoms with Gasteiger partial charge in [0.1, 0.15) is 29.5 Å². The molecule has 4 amide bonds. The molecule has 3 heterocycles. The summed E-state index contributed by atoms with van der Waals surface area (Å²) in [6, 6.07) is 0.712.